The maximum Gasteiger partial charge on any atom is 0.310 e. The van der Waals surface area contributed by atoms with E-state index in [9.17, 15) is 18.3 Å². The number of carboxylic acids is 1. The zero-order valence-electron chi connectivity index (χ0n) is 11.1. The van der Waals surface area contributed by atoms with Crippen LogP contribution in [0.4, 0.5) is 0 Å². The van der Waals surface area contributed by atoms with Gasteiger partial charge < -0.3 is 9.84 Å². The average Bonchev–Trinajstić information content (AvgIpc) is 2.78. The van der Waals surface area contributed by atoms with Crippen LogP contribution in [0.15, 0.2) is 0 Å². The topological polar surface area (TPSA) is 83.9 Å². The maximum atomic E-state index is 11.7. The van der Waals surface area contributed by atoms with E-state index in [0.717, 1.165) is 6.42 Å². The second-order valence-electron chi connectivity index (χ2n) is 5.29. The number of rotatable bonds is 4. The van der Waals surface area contributed by atoms with E-state index >= 15 is 0 Å². The summed E-state index contributed by atoms with van der Waals surface area (Å²) in [6.45, 7) is 3.19. The third kappa shape index (κ3) is 3.27. The summed E-state index contributed by atoms with van der Waals surface area (Å²) in [7, 11) is -2.98. The van der Waals surface area contributed by atoms with Gasteiger partial charge in [-0.2, -0.15) is 0 Å². The van der Waals surface area contributed by atoms with Crippen molar-refractivity contribution < 1.29 is 23.1 Å². The van der Waals surface area contributed by atoms with Gasteiger partial charge in [0.25, 0.3) is 0 Å². The minimum Gasteiger partial charge on any atom is -0.481 e. The van der Waals surface area contributed by atoms with E-state index in [-0.39, 0.29) is 30.2 Å². The van der Waals surface area contributed by atoms with Crippen LogP contribution in [0.3, 0.4) is 0 Å². The lowest BCUT2D eigenvalue weighted by molar-refractivity contribution is -0.143. The Labute approximate surface area is 113 Å². The molecule has 0 radical (unpaired) electrons. The molecule has 6 nitrogen and oxygen atoms in total. The number of nitrogens with zero attached hydrogens (tertiary/aromatic N) is 1. The first-order valence-electron chi connectivity index (χ1n) is 6.71. The van der Waals surface area contributed by atoms with E-state index in [1.54, 1.807) is 0 Å². The monoisotopic (exact) mass is 291 g/mol. The standard InChI is InChI=1S/C12H21NO5S/c1-2-13(9-4-3-5-19(16,17)8-9)11-7-18-6-10(11)12(14)15/h9-11H,2-8H2,1H3,(H,14,15). The normalized spacial score (nSPS) is 34.5. The molecule has 0 aromatic heterocycles. The molecule has 2 rings (SSSR count). The molecule has 0 aromatic rings. The van der Waals surface area contributed by atoms with Crippen LogP contribution in [0.25, 0.3) is 0 Å². The Morgan fingerprint density at radius 3 is 2.74 bits per heavy atom. The van der Waals surface area contributed by atoms with E-state index in [4.69, 9.17) is 4.74 Å². The fourth-order valence-electron chi connectivity index (χ4n) is 3.13. The van der Waals surface area contributed by atoms with E-state index in [0.29, 0.717) is 19.6 Å². The number of sulfone groups is 1. The molecule has 1 N–H and O–H groups in total. The van der Waals surface area contributed by atoms with Gasteiger partial charge in [-0.3, -0.25) is 9.69 Å². The van der Waals surface area contributed by atoms with Crippen molar-refractivity contribution in [2.75, 3.05) is 31.3 Å². The highest BCUT2D eigenvalue weighted by Gasteiger charge is 2.41. The molecule has 110 valence electrons. The highest BCUT2D eigenvalue weighted by Crippen LogP contribution is 2.26. The van der Waals surface area contributed by atoms with Crippen molar-refractivity contribution in [3.8, 4) is 0 Å². The summed E-state index contributed by atoms with van der Waals surface area (Å²) in [5, 5.41) is 9.20. The van der Waals surface area contributed by atoms with Gasteiger partial charge >= 0.3 is 5.97 Å². The first-order chi connectivity index (χ1) is 8.94. The van der Waals surface area contributed by atoms with Crippen LogP contribution in [0, 0.1) is 5.92 Å². The van der Waals surface area contributed by atoms with E-state index in [1.807, 2.05) is 11.8 Å². The molecule has 2 aliphatic heterocycles. The summed E-state index contributed by atoms with van der Waals surface area (Å²) in [6.07, 6.45) is 1.48. The average molecular weight is 291 g/mol. The number of ether oxygens (including phenoxy) is 1. The molecule has 3 unspecified atom stereocenters. The van der Waals surface area contributed by atoms with E-state index in [1.165, 1.54) is 0 Å². The molecule has 2 fully saturated rings. The molecule has 19 heavy (non-hydrogen) atoms. The van der Waals surface area contributed by atoms with Gasteiger partial charge in [0.15, 0.2) is 9.84 Å². The third-order valence-corrected chi connectivity index (χ3v) is 5.87. The number of aliphatic carboxylic acids is 1. The quantitative estimate of drug-likeness (QED) is 0.784. The maximum absolute atomic E-state index is 11.7. The van der Waals surface area contributed by atoms with E-state index in [2.05, 4.69) is 0 Å². The van der Waals surface area contributed by atoms with Gasteiger partial charge in [0.1, 0.15) is 0 Å². The lowest BCUT2D eigenvalue weighted by Crippen LogP contribution is -2.52. The van der Waals surface area contributed by atoms with Crippen LogP contribution in [-0.2, 0) is 19.4 Å². The molecule has 2 saturated heterocycles. The summed E-state index contributed by atoms with van der Waals surface area (Å²) < 4.78 is 28.8. The largest absolute Gasteiger partial charge is 0.481 e. The van der Waals surface area contributed by atoms with Gasteiger partial charge in [-0.05, 0) is 19.4 Å². The van der Waals surface area contributed by atoms with Crippen LogP contribution >= 0.6 is 0 Å². The number of carbonyl (C=O) groups is 1. The van der Waals surface area contributed by atoms with Gasteiger partial charge in [-0.15, -0.1) is 0 Å². The Morgan fingerprint density at radius 1 is 1.42 bits per heavy atom. The Balaban J connectivity index is 2.13. The summed E-state index contributed by atoms with van der Waals surface area (Å²) >= 11 is 0. The fourth-order valence-corrected chi connectivity index (χ4v) is 4.85. The SMILES string of the molecule is CCN(C1CCCS(=O)(=O)C1)C1COCC1C(=O)O. The molecule has 0 amide bonds. The van der Waals surface area contributed by atoms with Crippen LogP contribution in [0.2, 0.25) is 0 Å². The van der Waals surface area contributed by atoms with Crippen molar-refractivity contribution in [3.63, 3.8) is 0 Å². The van der Waals surface area contributed by atoms with Gasteiger partial charge in [0, 0.05) is 12.1 Å². The predicted octanol–water partition coefficient (Wildman–Crippen LogP) is -0.0149. The van der Waals surface area contributed by atoms with Crippen molar-refractivity contribution in [3.05, 3.63) is 0 Å². The Morgan fingerprint density at radius 2 is 2.16 bits per heavy atom. The zero-order valence-corrected chi connectivity index (χ0v) is 11.9. The zero-order chi connectivity index (χ0) is 14.0. The molecule has 2 aliphatic rings. The van der Waals surface area contributed by atoms with Crippen molar-refractivity contribution in [1.29, 1.82) is 0 Å². The number of hydrogen-bond acceptors (Lipinski definition) is 5. The summed E-state index contributed by atoms with van der Waals surface area (Å²) in [5.41, 5.74) is 0. The lowest BCUT2D eigenvalue weighted by Gasteiger charge is -2.38. The fraction of sp³-hybridized carbons (Fsp3) is 0.917. The molecule has 0 spiro atoms. The van der Waals surface area contributed by atoms with Crippen molar-refractivity contribution in [2.24, 2.45) is 5.92 Å². The molecule has 7 heteroatoms. The smallest absolute Gasteiger partial charge is 0.310 e. The molecule has 0 aliphatic carbocycles. The summed E-state index contributed by atoms with van der Waals surface area (Å²) in [6, 6.07) is -0.280. The van der Waals surface area contributed by atoms with Crippen molar-refractivity contribution in [2.45, 2.75) is 31.8 Å². The Bertz CT molecular complexity index is 435. The van der Waals surface area contributed by atoms with Gasteiger partial charge in [0.2, 0.25) is 0 Å². The molecular formula is C12H21NO5S. The summed E-state index contributed by atoms with van der Waals surface area (Å²) in [5.74, 6) is -1.02. The first kappa shape index (κ1) is 14.7. The second-order valence-corrected chi connectivity index (χ2v) is 7.52. The highest BCUT2D eigenvalue weighted by molar-refractivity contribution is 7.91. The van der Waals surface area contributed by atoms with Crippen molar-refractivity contribution >= 4 is 15.8 Å². The van der Waals surface area contributed by atoms with Gasteiger partial charge in [0.05, 0.1) is 30.6 Å². The molecule has 3 atom stereocenters. The Hall–Kier alpha value is -0.660. The van der Waals surface area contributed by atoms with Gasteiger partial charge in [-0.25, -0.2) is 8.42 Å². The lowest BCUT2D eigenvalue weighted by atomic mass is 9.99. The molecule has 0 bridgehead atoms. The van der Waals surface area contributed by atoms with Crippen LogP contribution < -0.4 is 0 Å². The number of carboxylic acid groups (broad SMARTS) is 1. The van der Waals surface area contributed by atoms with Crippen LogP contribution in [0.1, 0.15) is 19.8 Å². The Kier molecular flexibility index (Phi) is 4.47. The minimum atomic E-state index is -2.98. The molecule has 0 aromatic carbocycles. The van der Waals surface area contributed by atoms with Crippen molar-refractivity contribution in [1.82, 2.24) is 4.90 Å². The minimum absolute atomic E-state index is 0.0719. The highest BCUT2D eigenvalue weighted by atomic mass is 32.2. The van der Waals surface area contributed by atoms with Crippen LogP contribution in [-0.4, -0.2) is 67.7 Å². The predicted molar refractivity (Wildman–Crippen MR) is 69.8 cm³/mol. The second kappa shape index (κ2) is 5.76. The molecule has 2 heterocycles. The summed E-state index contributed by atoms with van der Waals surface area (Å²) in [4.78, 5) is 13.2. The van der Waals surface area contributed by atoms with Crippen LogP contribution in [0.5, 0.6) is 0 Å². The molecule has 0 saturated carbocycles. The number of hydrogen-bond donors (Lipinski definition) is 1. The van der Waals surface area contributed by atoms with Gasteiger partial charge in [-0.1, -0.05) is 6.92 Å². The molecular weight excluding hydrogens is 270 g/mol. The number of likely N-dealkylation sites (N-methyl/N-ethyl adjacent to an activating group) is 1. The first-order valence-corrected chi connectivity index (χ1v) is 8.53. The van der Waals surface area contributed by atoms with E-state index < -0.39 is 21.7 Å². The third-order valence-electron chi connectivity index (χ3n) is 4.07.